The topological polar surface area (TPSA) is 298 Å². The Morgan fingerprint density at radius 2 is 1.90 bits per heavy atom. The van der Waals surface area contributed by atoms with Crippen molar-refractivity contribution < 1.29 is 65.8 Å². The van der Waals surface area contributed by atoms with Crippen molar-refractivity contribution in [3.05, 3.63) is 24.3 Å². The molecule has 2 aliphatic rings. The number of hydrogen-bond acceptors (Lipinski definition) is 15. The molecule has 226 valence electrons. The number of carbonyl (C=O) groups is 1. The lowest BCUT2D eigenvalue weighted by Crippen LogP contribution is -2.39. The summed E-state index contributed by atoms with van der Waals surface area (Å²) in [6.07, 6.45) is -0.366. The second-order valence-electron chi connectivity index (χ2n) is 8.58. The van der Waals surface area contributed by atoms with E-state index in [1.807, 2.05) is 0 Å². The number of ether oxygens (including phenoxy) is 2. The quantitative estimate of drug-likeness (QED) is 0.148. The molecular weight excluding hydrogens is 617 g/mol. The standard InChI is InChI=1S/C18H25N6O14P3/c1-20-10-5-3-2-4-9(10)18(26)36-14-11(6-34-40(30,31)38-41(32,33)37-39(27,28)29)35-17(13(14)25)24-8-23-12-15(19)21-7-22-16(12)24/h4,7-8,11,13-14,17,25H,2-3,5-6H2,1H3,(H,30,31)(H,32,33)(H2,19,21,22)(H2,27,28,29)/t11-,13-,14-,17-/m1/s1. The van der Waals surface area contributed by atoms with Gasteiger partial charge in [-0.25, -0.2) is 33.4 Å². The fraction of sp³-hybridized carbons (Fsp3) is 0.500. The van der Waals surface area contributed by atoms with Crippen molar-refractivity contribution in [3.63, 3.8) is 0 Å². The number of anilines is 1. The minimum absolute atomic E-state index is 0.0176. The van der Waals surface area contributed by atoms with Crippen LogP contribution in [-0.2, 0) is 41.1 Å². The van der Waals surface area contributed by atoms with Crippen molar-refractivity contribution in [3.8, 4) is 0 Å². The smallest absolute Gasteiger partial charge is 0.453 e. The fourth-order valence-electron chi connectivity index (χ4n) is 4.15. The molecule has 20 nitrogen and oxygen atoms in total. The molecule has 2 unspecified atom stereocenters. The number of carbonyl (C=O) groups excluding carboxylic acids is 1. The molecule has 4 rings (SSSR count). The van der Waals surface area contributed by atoms with E-state index in [-0.39, 0.29) is 22.6 Å². The summed E-state index contributed by atoms with van der Waals surface area (Å²) in [5, 5.41) is 11.1. The Labute approximate surface area is 230 Å². The zero-order valence-electron chi connectivity index (χ0n) is 20.9. The van der Waals surface area contributed by atoms with E-state index in [0.29, 0.717) is 18.6 Å². The minimum atomic E-state index is -5.80. The maximum absolute atomic E-state index is 13.1. The zero-order valence-corrected chi connectivity index (χ0v) is 23.6. The van der Waals surface area contributed by atoms with Crippen LogP contribution in [0.3, 0.4) is 0 Å². The number of phosphoric acid groups is 3. The largest absolute Gasteiger partial charge is 0.490 e. The molecule has 1 aliphatic carbocycles. The third kappa shape index (κ3) is 7.50. The first-order valence-corrected chi connectivity index (χ1v) is 16.0. The average molecular weight is 642 g/mol. The summed E-state index contributed by atoms with van der Waals surface area (Å²) in [7, 11) is -15.5. The summed E-state index contributed by atoms with van der Waals surface area (Å²) in [5.41, 5.74) is 6.69. The highest BCUT2D eigenvalue weighted by molar-refractivity contribution is 7.66. The number of aliphatic hydroxyl groups excluding tert-OH is 1. The van der Waals surface area contributed by atoms with Crippen molar-refractivity contribution in [1.29, 1.82) is 0 Å². The highest BCUT2D eigenvalue weighted by Gasteiger charge is 2.50. The van der Waals surface area contributed by atoms with Gasteiger partial charge in [-0.2, -0.15) is 8.62 Å². The van der Waals surface area contributed by atoms with Gasteiger partial charge in [-0.15, -0.1) is 0 Å². The third-order valence-electron chi connectivity index (χ3n) is 5.80. The second-order valence-corrected chi connectivity index (χ2v) is 13.0. The number of allylic oxidation sites excluding steroid dienone is 1. The summed E-state index contributed by atoms with van der Waals surface area (Å²) in [4.78, 5) is 65.7. The Kier molecular flexibility index (Phi) is 9.25. The van der Waals surface area contributed by atoms with E-state index in [4.69, 9.17) is 25.0 Å². The Hall–Kier alpha value is -2.44. The molecule has 0 radical (unpaired) electrons. The molecule has 0 amide bonds. The molecule has 0 aromatic carbocycles. The van der Waals surface area contributed by atoms with Gasteiger partial charge in [0.05, 0.1) is 18.5 Å². The Bertz CT molecular complexity index is 1520. The fourth-order valence-corrected chi connectivity index (χ4v) is 7.17. The maximum atomic E-state index is 13.1. The first-order valence-electron chi connectivity index (χ1n) is 11.5. The Morgan fingerprint density at radius 3 is 2.59 bits per heavy atom. The van der Waals surface area contributed by atoms with Crippen LogP contribution in [0.5, 0.6) is 0 Å². The summed E-state index contributed by atoms with van der Waals surface area (Å²) < 4.78 is 59.4. The van der Waals surface area contributed by atoms with Gasteiger partial charge in [-0.1, -0.05) is 6.08 Å². The number of fused-ring (bicyclic) bond motifs is 1. The Balaban J connectivity index is 1.59. The lowest BCUT2D eigenvalue weighted by molar-refractivity contribution is -0.151. The maximum Gasteiger partial charge on any atom is 0.490 e. The van der Waals surface area contributed by atoms with E-state index in [9.17, 15) is 33.4 Å². The number of nitrogens with two attached hydrogens (primary N) is 1. The Morgan fingerprint density at radius 1 is 1.17 bits per heavy atom. The number of aromatic nitrogens is 4. The van der Waals surface area contributed by atoms with E-state index in [2.05, 4.69) is 33.1 Å². The van der Waals surface area contributed by atoms with Gasteiger partial charge in [0.1, 0.15) is 24.1 Å². The number of nitrogens with zero attached hydrogens (tertiary/aromatic N) is 5. The molecule has 1 fully saturated rings. The zero-order chi connectivity index (χ0) is 30.2. The van der Waals surface area contributed by atoms with Crippen molar-refractivity contribution in [2.75, 3.05) is 19.4 Å². The number of nitrogen functional groups attached to an aromatic ring is 1. The van der Waals surface area contributed by atoms with Crippen molar-refractivity contribution in [2.45, 2.75) is 43.8 Å². The molecule has 6 atom stereocenters. The number of imidazole rings is 1. The van der Waals surface area contributed by atoms with Gasteiger partial charge in [-0.05, 0) is 19.3 Å². The van der Waals surface area contributed by atoms with E-state index in [1.165, 1.54) is 17.9 Å². The van der Waals surface area contributed by atoms with Gasteiger partial charge in [-0.3, -0.25) is 14.1 Å². The SMILES string of the molecule is CN=C1CCCC=C1C(=O)O[C@H]1[C@@H](O)[C@H](n2cnc3c(N)ncnc32)O[C@@H]1COP(=O)(O)OP(=O)(O)OP(=O)(O)O. The lowest BCUT2D eigenvalue weighted by Gasteiger charge is -2.23. The van der Waals surface area contributed by atoms with Crippen LogP contribution in [-0.4, -0.2) is 87.8 Å². The number of rotatable bonds is 10. The molecule has 3 heterocycles. The summed E-state index contributed by atoms with van der Waals surface area (Å²) in [6.45, 7) is -1.01. The predicted octanol–water partition coefficient (Wildman–Crippen LogP) is 0.103. The van der Waals surface area contributed by atoms with Crippen LogP contribution in [0.1, 0.15) is 25.5 Å². The molecule has 0 spiro atoms. The van der Waals surface area contributed by atoms with Crippen molar-refractivity contribution in [2.24, 2.45) is 4.99 Å². The van der Waals surface area contributed by atoms with Gasteiger partial charge in [0.15, 0.2) is 23.8 Å². The second kappa shape index (κ2) is 12.0. The molecule has 23 heteroatoms. The molecule has 1 aliphatic heterocycles. The third-order valence-corrected chi connectivity index (χ3v) is 9.60. The van der Waals surface area contributed by atoms with E-state index in [0.717, 1.165) is 12.7 Å². The highest BCUT2D eigenvalue weighted by Crippen LogP contribution is 2.66. The highest BCUT2D eigenvalue weighted by atomic mass is 31.3. The summed E-state index contributed by atoms with van der Waals surface area (Å²) >= 11 is 0. The van der Waals surface area contributed by atoms with Crippen LogP contribution < -0.4 is 5.73 Å². The molecular formula is C18H25N6O14P3. The summed E-state index contributed by atoms with van der Waals surface area (Å²) in [5.74, 6) is -0.868. The minimum Gasteiger partial charge on any atom is -0.453 e. The first-order chi connectivity index (χ1) is 19.1. The van der Waals surface area contributed by atoms with E-state index in [1.54, 1.807) is 6.08 Å². The van der Waals surface area contributed by atoms with Gasteiger partial charge < -0.3 is 39.9 Å². The summed E-state index contributed by atoms with van der Waals surface area (Å²) in [6, 6.07) is 0. The predicted molar refractivity (Wildman–Crippen MR) is 135 cm³/mol. The monoisotopic (exact) mass is 642 g/mol. The number of esters is 1. The molecule has 7 N–H and O–H groups in total. The van der Waals surface area contributed by atoms with Gasteiger partial charge in [0.2, 0.25) is 0 Å². The molecule has 1 saturated heterocycles. The first kappa shape index (κ1) is 31.5. The van der Waals surface area contributed by atoms with Gasteiger partial charge in [0, 0.05) is 12.8 Å². The van der Waals surface area contributed by atoms with Gasteiger partial charge in [0.25, 0.3) is 0 Å². The van der Waals surface area contributed by atoms with Crippen LogP contribution in [0.25, 0.3) is 11.2 Å². The molecule has 2 aromatic heterocycles. The number of phosphoric ester groups is 1. The lowest BCUT2D eigenvalue weighted by atomic mass is 9.97. The molecule has 41 heavy (non-hydrogen) atoms. The van der Waals surface area contributed by atoms with Crippen LogP contribution in [0.2, 0.25) is 0 Å². The van der Waals surface area contributed by atoms with E-state index >= 15 is 0 Å². The van der Waals surface area contributed by atoms with Crippen molar-refractivity contribution in [1.82, 2.24) is 19.5 Å². The van der Waals surface area contributed by atoms with Gasteiger partial charge >= 0.3 is 29.4 Å². The number of hydrogen-bond donors (Lipinski definition) is 6. The van der Waals surface area contributed by atoms with Crippen LogP contribution in [0, 0.1) is 0 Å². The van der Waals surface area contributed by atoms with E-state index < -0.39 is 60.6 Å². The molecule has 2 aromatic rings. The number of aliphatic hydroxyl groups is 1. The van der Waals surface area contributed by atoms with Crippen LogP contribution >= 0.6 is 23.5 Å². The average Bonchev–Trinajstić information content (AvgIpc) is 3.42. The molecule has 0 bridgehead atoms. The number of aliphatic imine (C=N–C) groups is 1. The van der Waals surface area contributed by atoms with Crippen LogP contribution in [0.4, 0.5) is 5.82 Å². The van der Waals surface area contributed by atoms with Crippen molar-refractivity contribution >= 4 is 52.1 Å². The normalized spacial score (nSPS) is 27.4. The van der Waals surface area contributed by atoms with Crippen LogP contribution in [0.15, 0.2) is 29.3 Å². The molecule has 0 saturated carbocycles.